The highest BCUT2D eigenvalue weighted by Crippen LogP contribution is 2.20. The molecule has 6 heteroatoms. The van der Waals surface area contributed by atoms with Crippen molar-refractivity contribution in [2.75, 3.05) is 11.8 Å². The fourth-order valence-electron chi connectivity index (χ4n) is 1.79. The fourth-order valence-corrected chi connectivity index (χ4v) is 2.92. The Morgan fingerprint density at radius 2 is 2.05 bits per heavy atom. The summed E-state index contributed by atoms with van der Waals surface area (Å²) in [4.78, 5) is 0. The highest BCUT2D eigenvalue weighted by molar-refractivity contribution is 7.90. The largest absolute Gasteiger partial charge is 0.310 e. The Morgan fingerprint density at radius 3 is 2.65 bits per heavy atom. The van der Waals surface area contributed by atoms with Crippen molar-refractivity contribution in [3.8, 4) is 0 Å². The summed E-state index contributed by atoms with van der Waals surface area (Å²) < 4.78 is 28.2. The lowest BCUT2D eigenvalue weighted by Gasteiger charge is -2.21. The lowest BCUT2D eigenvalue weighted by atomic mass is 10.2. The Morgan fingerprint density at radius 1 is 1.35 bits per heavy atom. The molecule has 0 unspecified atom stereocenters. The van der Waals surface area contributed by atoms with Crippen LogP contribution in [-0.2, 0) is 16.8 Å². The third-order valence-corrected chi connectivity index (χ3v) is 5.13. The predicted molar refractivity (Wildman–Crippen MR) is 81.7 cm³/mol. The molecule has 112 valence electrons. The van der Waals surface area contributed by atoms with E-state index in [1.54, 1.807) is 13.1 Å². The maximum atomic E-state index is 12.1. The van der Waals surface area contributed by atoms with Gasteiger partial charge in [-0.2, -0.15) is 12.7 Å². The van der Waals surface area contributed by atoms with E-state index in [1.165, 1.54) is 17.1 Å². The molecule has 0 aliphatic heterocycles. The summed E-state index contributed by atoms with van der Waals surface area (Å²) in [6.07, 6.45) is 2.48. The van der Waals surface area contributed by atoms with Crippen LogP contribution in [0.3, 0.4) is 0 Å². The van der Waals surface area contributed by atoms with E-state index in [0.717, 1.165) is 12.1 Å². The van der Waals surface area contributed by atoms with Crippen LogP contribution in [0.25, 0.3) is 0 Å². The van der Waals surface area contributed by atoms with Crippen LogP contribution in [0.4, 0.5) is 5.69 Å². The van der Waals surface area contributed by atoms with Gasteiger partial charge in [0.05, 0.1) is 5.69 Å². The molecule has 1 saturated carbocycles. The standard InChI is InChI=1S/C14H23N3O2S/c1-11(2)17(3)20(18,19)16-14-6-4-5-12(9-14)10-15-13-7-8-13/h4-6,9,11,13,15-16H,7-8,10H2,1-3H3. The zero-order valence-corrected chi connectivity index (χ0v) is 13.1. The average Bonchev–Trinajstić information content (AvgIpc) is 3.19. The van der Waals surface area contributed by atoms with E-state index in [-0.39, 0.29) is 6.04 Å². The van der Waals surface area contributed by atoms with Gasteiger partial charge < -0.3 is 5.32 Å². The van der Waals surface area contributed by atoms with E-state index in [9.17, 15) is 8.42 Å². The lowest BCUT2D eigenvalue weighted by molar-refractivity contribution is 0.414. The molecule has 2 rings (SSSR count). The van der Waals surface area contributed by atoms with Crippen LogP contribution >= 0.6 is 0 Å². The summed E-state index contributed by atoms with van der Waals surface area (Å²) >= 11 is 0. The van der Waals surface area contributed by atoms with Gasteiger partial charge in [-0.05, 0) is 44.4 Å². The van der Waals surface area contributed by atoms with E-state index in [2.05, 4.69) is 10.0 Å². The summed E-state index contributed by atoms with van der Waals surface area (Å²) in [5, 5.41) is 3.42. The van der Waals surface area contributed by atoms with E-state index in [1.807, 2.05) is 32.0 Å². The molecule has 0 heterocycles. The van der Waals surface area contributed by atoms with Gasteiger partial charge in [0.1, 0.15) is 0 Å². The molecule has 0 radical (unpaired) electrons. The fraction of sp³-hybridized carbons (Fsp3) is 0.571. The minimum Gasteiger partial charge on any atom is -0.310 e. The maximum absolute atomic E-state index is 12.1. The molecule has 1 aromatic rings. The molecule has 5 nitrogen and oxygen atoms in total. The van der Waals surface area contributed by atoms with Crippen LogP contribution < -0.4 is 10.0 Å². The van der Waals surface area contributed by atoms with Crippen LogP contribution in [0.2, 0.25) is 0 Å². The second-order valence-electron chi connectivity index (χ2n) is 5.57. The first-order valence-electron chi connectivity index (χ1n) is 6.96. The van der Waals surface area contributed by atoms with Crippen molar-refractivity contribution in [2.45, 2.75) is 45.3 Å². The number of nitrogens with zero attached hydrogens (tertiary/aromatic N) is 1. The highest BCUT2D eigenvalue weighted by atomic mass is 32.2. The van der Waals surface area contributed by atoms with Crippen LogP contribution in [0.1, 0.15) is 32.3 Å². The van der Waals surface area contributed by atoms with Gasteiger partial charge in [-0.15, -0.1) is 0 Å². The molecule has 1 aliphatic rings. The molecule has 1 aliphatic carbocycles. The van der Waals surface area contributed by atoms with Gasteiger partial charge >= 0.3 is 10.2 Å². The average molecular weight is 297 g/mol. The van der Waals surface area contributed by atoms with Gasteiger partial charge in [-0.25, -0.2) is 0 Å². The third-order valence-electron chi connectivity index (χ3n) is 3.45. The maximum Gasteiger partial charge on any atom is 0.301 e. The first kappa shape index (κ1) is 15.3. The number of hydrogen-bond acceptors (Lipinski definition) is 3. The summed E-state index contributed by atoms with van der Waals surface area (Å²) in [5.41, 5.74) is 1.69. The van der Waals surface area contributed by atoms with Crippen molar-refractivity contribution in [3.63, 3.8) is 0 Å². The molecule has 2 N–H and O–H groups in total. The highest BCUT2D eigenvalue weighted by Gasteiger charge is 2.21. The Hall–Kier alpha value is -1.11. The van der Waals surface area contributed by atoms with Crippen LogP contribution in [0.5, 0.6) is 0 Å². The SMILES string of the molecule is CC(C)N(C)S(=O)(=O)Nc1cccc(CNC2CC2)c1. The summed E-state index contributed by atoms with van der Waals surface area (Å²) in [6, 6.07) is 8.08. The number of benzene rings is 1. The van der Waals surface area contributed by atoms with Crippen molar-refractivity contribution in [2.24, 2.45) is 0 Å². The van der Waals surface area contributed by atoms with Gasteiger partial charge in [-0.1, -0.05) is 12.1 Å². The van der Waals surface area contributed by atoms with Crippen LogP contribution in [0.15, 0.2) is 24.3 Å². The molecule has 1 aromatic carbocycles. The summed E-state index contributed by atoms with van der Waals surface area (Å²) in [7, 11) is -1.91. The van der Waals surface area contributed by atoms with Gasteiger partial charge in [0.2, 0.25) is 0 Å². The van der Waals surface area contributed by atoms with Gasteiger partial charge in [0.15, 0.2) is 0 Å². The van der Waals surface area contributed by atoms with Crippen LogP contribution in [0, 0.1) is 0 Å². The van der Waals surface area contributed by atoms with Crippen molar-refractivity contribution < 1.29 is 8.42 Å². The number of anilines is 1. The first-order valence-corrected chi connectivity index (χ1v) is 8.40. The number of hydrogen-bond donors (Lipinski definition) is 2. The number of rotatable bonds is 7. The summed E-state index contributed by atoms with van der Waals surface area (Å²) in [6.45, 7) is 4.46. The Kier molecular flexibility index (Phi) is 4.67. The van der Waals surface area contributed by atoms with E-state index in [0.29, 0.717) is 11.7 Å². The lowest BCUT2D eigenvalue weighted by Crippen LogP contribution is -2.37. The second-order valence-corrected chi connectivity index (χ2v) is 7.30. The van der Waals surface area contributed by atoms with Gasteiger partial charge in [0.25, 0.3) is 0 Å². The Labute approximate surface area is 121 Å². The van der Waals surface area contributed by atoms with Crippen molar-refractivity contribution in [3.05, 3.63) is 29.8 Å². The molecule has 0 saturated heterocycles. The minimum atomic E-state index is -3.49. The molecule has 0 bridgehead atoms. The second kappa shape index (κ2) is 6.11. The van der Waals surface area contributed by atoms with Crippen molar-refractivity contribution in [1.82, 2.24) is 9.62 Å². The van der Waals surface area contributed by atoms with Gasteiger partial charge in [-0.3, -0.25) is 4.72 Å². The quantitative estimate of drug-likeness (QED) is 0.808. The predicted octanol–water partition coefficient (Wildman–Crippen LogP) is 1.94. The Balaban J connectivity index is 2.02. The molecular weight excluding hydrogens is 274 g/mol. The molecular formula is C14H23N3O2S. The molecule has 0 spiro atoms. The monoisotopic (exact) mass is 297 g/mol. The first-order chi connectivity index (χ1) is 9.38. The van der Waals surface area contributed by atoms with E-state index < -0.39 is 10.2 Å². The van der Waals surface area contributed by atoms with E-state index >= 15 is 0 Å². The van der Waals surface area contributed by atoms with E-state index in [4.69, 9.17) is 0 Å². The van der Waals surface area contributed by atoms with Crippen molar-refractivity contribution >= 4 is 15.9 Å². The zero-order valence-electron chi connectivity index (χ0n) is 12.3. The van der Waals surface area contributed by atoms with Crippen molar-refractivity contribution in [1.29, 1.82) is 0 Å². The molecule has 20 heavy (non-hydrogen) atoms. The smallest absolute Gasteiger partial charge is 0.301 e. The normalized spacial score (nSPS) is 15.8. The van der Waals surface area contributed by atoms with Crippen LogP contribution in [-0.4, -0.2) is 31.9 Å². The third kappa shape index (κ3) is 4.19. The zero-order chi connectivity index (χ0) is 14.8. The molecule has 0 atom stereocenters. The summed E-state index contributed by atoms with van der Waals surface area (Å²) in [5.74, 6) is 0. The van der Waals surface area contributed by atoms with Gasteiger partial charge in [0, 0.05) is 25.7 Å². The molecule has 1 fully saturated rings. The topological polar surface area (TPSA) is 61.4 Å². The Bertz CT molecular complexity index is 553. The number of nitrogens with one attached hydrogen (secondary N) is 2. The molecule has 0 amide bonds. The minimum absolute atomic E-state index is 0.0767. The molecule has 0 aromatic heterocycles.